The van der Waals surface area contributed by atoms with Crippen molar-refractivity contribution >= 4 is 26.7 Å². The topological polar surface area (TPSA) is 78.5 Å². The average Bonchev–Trinajstić information content (AvgIpc) is 2.86. The Morgan fingerprint density at radius 2 is 1.73 bits per heavy atom. The van der Waals surface area contributed by atoms with Crippen molar-refractivity contribution < 1.29 is 13.2 Å². The monoisotopic (exact) mass is 463 g/mol. The Balaban J connectivity index is 1.49. The molecular formula is C26H29N3O3S. The van der Waals surface area contributed by atoms with E-state index in [1.54, 1.807) is 12.1 Å². The quantitative estimate of drug-likeness (QED) is 0.608. The highest BCUT2D eigenvalue weighted by Gasteiger charge is 2.32. The minimum absolute atomic E-state index is 0.0784. The molecule has 0 aromatic heterocycles. The maximum Gasteiger partial charge on any atom is 0.252 e. The van der Waals surface area contributed by atoms with Gasteiger partial charge in [-0.25, -0.2) is 8.42 Å². The number of carbonyl (C=O) groups excluding carboxylic acids is 1. The van der Waals surface area contributed by atoms with Gasteiger partial charge in [0.25, 0.3) is 5.91 Å². The lowest BCUT2D eigenvalue weighted by Gasteiger charge is -2.29. The van der Waals surface area contributed by atoms with Crippen molar-refractivity contribution in [2.75, 3.05) is 19.6 Å². The molecule has 6 nitrogen and oxygen atoms in total. The van der Waals surface area contributed by atoms with Crippen molar-refractivity contribution in [2.24, 2.45) is 0 Å². The first-order valence-corrected chi connectivity index (χ1v) is 13.1. The van der Waals surface area contributed by atoms with Gasteiger partial charge in [-0.15, -0.1) is 0 Å². The van der Waals surface area contributed by atoms with Crippen LogP contribution in [0.4, 0.5) is 0 Å². The first kappa shape index (κ1) is 22.1. The Morgan fingerprint density at radius 1 is 1.00 bits per heavy atom. The molecule has 1 saturated heterocycles. The molecule has 2 N–H and O–H groups in total. The highest BCUT2D eigenvalue weighted by Crippen LogP contribution is 2.30. The number of rotatable bonds is 5. The second kappa shape index (κ2) is 9.25. The van der Waals surface area contributed by atoms with Gasteiger partial charge in [-0.05, 0) is 59.8 Å². The molecular weight excluding hydrogens is 434 g/mol. The lowest BCUT2D eigenvalue weighted by atomic mass is 10.0. The molecule has 2 aliphatic rings. The summed E-state index contributed by atoms with van der Waals surface area (Å²) in [6.45, 7) is 2.16. The smallest absolute Gasteiger partial charge is 0.252 e. The molecule has 1 atom stereocenters. The molecule has 3 aromatic carbocycles. The molecule has 1 fully saturated rings. The number of benzene rings is 3. The lowest BCUT2D eigenvalue weighted by molar-refractivity contribution is 0.0944. The van der Waals surface area contributed by atoms with E-state index in [1.807, 2.05) is 48.5 Å². The molecule has 3 aromatic rings. The van der Waals surface area contributed by atoms with E-state index in [0.717, 1.165) is 42.1 Å². The molecule has 0 saturated carbocycles. The summed E-state index contributed by atoms with van der Waals surface area (Å²) in [6.07, 6.45) is 3.96. The van der Waals surface area contributed by atoms with Crippen LogP contribution in [-0.2, 0) is 23.0 Å². The Kier molecular flexibility index (Phi) is 6.19. The van der Waals surface area contributed by atoms with Gasteiger partial charge in [0.2, 0.25) is 10.0 Å². The van der Waals surface area contributed by atoms with Crippen LogP contribution in [0.3, 0.4) is 0 Å². The molecule has 1 amide bonds. The van der Waals surface area contributed by atoms with Crippen molar-refractivity contribution in [3.8, 4) is 0 Å². The van der Waals surface area contributed by atoms with Crippen molar-refractivity contribution in [2.45, 2.75) is 43.2 Å². The number of nitrogens with zero attached hydrogens (tertiary/aromatic N) is 1. The minimum atomic E-state index is -3.86. The van der Waals surface area contributed by atoms with Gasteiger partial charge in [-0.3, -0.25) is 4.79 Å². The van der Waals surface area contributed by atoms with Crippen LogP contribution in [0.15, 0.2) is 65.6 Å². The summed E-state index contributed by atoms with van der Waals surface area (Å²) in [5.74, 6) is -0.343. The molecule has 0 radical (unpaired) electrons. The largest absolute Gasteiger partial charge is 0.350 e. The van der Waals surface area contributed by atoms with Crippen LogP contribution in [0.2, 0.25) is 0 Å². The average molecular weight is 464 g/mol. The zero-order valence-electron chi connectivity index (χ0n) is 18.6. The van der Waals surface area contributed by atoms with Crippen molar-refractivity contribution in [3.05, 3.63) is 77.4 Å². The van der Waals surface area contributed by atoms with Gasteiger partial charge in [-0.1, -0.05) is 55.0 Å². The summed E-state index contributed by atoms with van der Waals surface area (Å²) >= 11 is 0. The van der Waals surface area contributed by atoms with E-state index in [0.29, 0.717) is 26.1 Å². The fourth-order valence-corrected chi connectivity index (χ4v) is 6.46. The maximum atomic E-state index is 13.8. The summed E-state index contributed by atoms with van der Waals surface area (Å²) in [6, 6.07) is 19.1. The molecule has 0 unspecified atom stereocenters. The fraction of sp³-hybridized carbons (Fsp3) is 0.346. The molecule has 33 heavy (non-hydrogen) atoms. The zero-order valence-corrected chi connectivity index (χ0v) is 19.4. The van der Waals surface area contributed by atoms with Gasteiger partial charge in [-0.2, -0.15) is 4.31 Å². The van der Waals surface area contributed by atoms with E-state index < -0.39 is 10.0 Å². The molecule has 172 valence electrons. The van der Waals surface area contributed by atoms with Gasteiger partial charge in [0.05, 0.1) is 10.5 Å². The summed E-state index contributed by atoms with van der Waals surface area (Å²) in [7, 11) is -3.86. The lowest BCUT2D eigenvalue weighted by Crippen LogP contribution is -2.44. The van der Waals surface area contributed by atoms with E-state index in [4.69, 9.17) is 0 Å². The van der Waals surface area contributed by atoms with Crippen LogP contribution in [0, 0.1) is 0 Å². The molecule has 5 rings (SSSR count). The number of fused-ring (bicyclic) bond motifs is 2. The van der Waals surface area contributed by atoms with Crippen LogP contribution in [0.5, 0.6) is 0 Å². The Labute approximate surface area is 195 Å². The predicted molar refractivity (Wildman–Crippen MR) is 130 cm³/mol. The number of piperidine rings is 1. The Bertz CT molecular complexity index is 1280. The Morgan fingerprint density at radius 3 is 2.48 bits per heavy atom. The number of hydrogen-bond acceptors (Lipinski definition) is 4. The molecule has 0 aliphatic carbocycles. The van der Waals surface area contributed by atoms with Crippen molar-refractivity contribution in [1.29, 1.82) is 0 Å². The number of sulfonamides is 1. The molecule has 0 spiro atoms. The zero-order chi connectivity index (χ0) is 22.8. The van der Waals surface area contributed by atoms with Crippen LogP contribution in [-0.4, -0.2) is 44.3 Å². The maximum absolute atomic E-state index is 13.8. The predicted octanol–water partition coefficient (Wildman–Crippen LogP) is 3.46. The standard InChI is InChI=1S/C26H29N3O3S/c30-26(28-17-23-11-5-6-13-27-23)24-15-20-8-2-3-9-21(20)16-25(24)33(31,32)29-14-12-19-7-1-4-10-22(19)18-29/h1-4,7-10,15-16,23,27H,5-6,11-14,17-18H2,(H,28,30)/t23-/m1/s1. The highest BCUT2D eigenvalue weighted by atomic mass is 32.2. The third kappa shape index (κ3) is 4.53. The van der Waals surface area contributed by atoms with E-state index in [2.05, 4.69) is 10.6 Å². The van der Waals surface area contributed by atoms with Gasteiger partial charge < -0.3 is 10.6 Å². The number of nitrogens with one attached hydrogen (secondary N) is 2. The van der Waals surface area contributed by atoms with Gasteiger partial charge >= 0.3 is 0 Å². The van der Waals surface area contributed by atoms with Gasteiger partial charge in [0, 0.05) is 25.7 Å². The fourth-order valence-electron chi connectivity index (χ4n) is 4.83. The van der Waals surface area contributed by atoms with Gasteiger partial charge in [0.1, 0.15) is 0 Å². The van der Waals surface area contributed by atoms with E-state index >= 15 is 0 Å². The second-order valence-corrected chi connectivity index (χ2v) is 10.8. The highest BCUT2D eigenvalue weighted by molar-refractivity contribution is 7.89. The van der Waals surface area contributed by atoms with E-state index in [-0.39, 0.29) is 22.4 Å². The molecule has 7 heteroatoms. The Hall–Kier alpha value is -2.74. The normalized spacial score (nSPS) is 19.2. The van der Waals surface area contributed by atoms with E-state index in [9.17, 15) is 13.2 Å². The first-order chi connectivity index (χ1) is 16.0. The SMILES string of the molecule is O=C(NC[C@H]1CCCCN1)c1cc2ccccc2cc1S(=O)(=O)N1CCc2ccccc2C1. The van der Waals surface area contributed by atoms with E-state index in [1.165, 1.54) is 9.87 Å². The van der Waals surface area contributed by atoms with Crippen molar-refractivity contribution in [1.82, 2.24) is 14.9 Å². The van der Waals surface area contributed by atoms with Gasteiger partial charge in [0.15, 0.2) is 0 Å². The number of amides is 1. The third-order valence-electron chi connectivity index (χ3n) is 6.73. The van der Waals surface area contributed by atoms with Crippen LogP contribution in [0.1, 0.15) is 40.7 Å². The van der Waals surface area contributed by atoms with Crippen LogP contribution in [0.25, 0.3) is 10.8 Å². The number of carbonyl (C=O) groups is 1. The third-order valence-corrected chi connectivity index (χ3v) is 8.61. The number of hydrogen-bond donors (Lipinski definition) is 2. The molecule has 2 aliphatic heterocycles. The molecule has 2 heterocycles. The first-order valence-electron chi connectivity index (χ1n) is 11.6. The summed E-state index contributed by atoms with van der Waals surface area (Å²) in [5, 5.41) is 8.05. The van der Waals surface area contributed by atoms with Crippen LogP contribution < -0.4 is 10.6 Å². The summed E-state index contributed by atoms with van der Waals surface area (Å²) < 4.78 is 29.1. The minimum Gasteiger partial charge on any atom is -0.350 e. The second-order valence-electron chi connectivity index (χ2n) is 8.91. The summed E-state index contributed by atoms with van der Waals surface area (Å²) in [4.78, 5) is 13.3. The summed E-state index contributed by atoms with van der Waals surface area (Å²) in [5.41, 5.74) is 2.41. The van der Waals surface area contributed by atoms with Crippen molar-refractivity contribution in [3.63, 3.8) is 0 Å². The molecule has 0 bridgehead atoms. The van der Waals surface area contributed by atoms with Crippen LogP contribution >= 0.6 is 0 Å².